The molecule has 4 nitrogen and oxygen atoms in total. The van der Waals surface area contributed by atoms with Gasteiger partial charge in [0, 0.05) is 29.1 Å². The van der Waals surface area contributed by atoms with Gasteiger partial charge in [-0.1, -0.05) is 6.07 Å². The van der Waals surface area contributed by atoms with E-state index >= 15 is 0 Å². The van der Waals surface area contributed by atoms with E-state index in [0.29, 0.717) is 17.6 Å². The summed E-state index contributed by atoms with van der Waals surface area (Å²) in [5.74, 6) is 0.000281. The Bertz CT molecular complexity index is 676. The first kappa shape index (κ1) is 12.0. The molecule has 2 N–H and O–H groups in total. The van der Waals surface area contributed by atoms with Gasteiger partial charge in [0.05, 0.1) is 6.26 Å². The minimum absolute atomic E-state index is 0.000281. The Labute approximate surface area is 117 Å². The molecule has 0 spiro atoms. The van der Waals surface area contributed by atoms with E-state index in [1.165, 1.54) is 12.8 Å². The monoisotopic (exact) mass is 270 g/mol. The van der Waals surface area contributed by atoms with Crippen molar-refractivity contribution < 1.29 is 9.21 Å². The second-order valence-electron chi connectivity index (χ2n) is 5.99. The number of amides is 1. The minimum atomic E-state index is 0.000281. The first-order chi connectivity index (χ1) is 9.70. The lowest BCUT2D eigenvalue weighted by Gasteiger charge is -2.21. The van der Waals surface area contributed by atoms with E-state index in [1.807, 2.05) is 25.1 Å². The van der Waals surface area contributed by atoms with Crippen LogP contribution in [-0.4, -0.2) is 24.0 Å². The summed E-state index contributed by atoms with van der Waals surface area (Å²) < 4.78 is 5.47. The molecule has 2 aromatic rings. The molecule has 20 heavy (non-hydrogen) atoms. The van der Waals surface area contributed by atoms with E-state index in [-0.39, 0.29) is 11.9 Å². The summed E-state index contributed by atoms with van der Waals surface area (Å²) in [5, 5.41) is 7.76. The second-order valence-corrected chi connectivity index (χ2v) is 5.99. The summed E-state index contributed by atoms with van der Waals surface area (Å²) in [6, 6.07) is 7.00. The molecule has 1 aromatic carbocycles. The number of benzene rings is 1. The molecule has 104 valence electrons. The first-order valence-corrected chi connectivity index (χ1v) is 7.25. The minimum Gasteiger partial charge on any atom is -0.464 e. The van der Waals surface area contributed by atoms with Gasteiger partial charge in [0.1, 0.15) is 5.58 Å². The van der Waals surface area contributed by atoms with Crippen molar-refractivity contribution in [1.29, 1.82) is 0 Å². The van der Waals surface area contributed by atoms with Crippen molar-refractivity contribution in [2.45, 2.75) is 44.3 Å². The summed E-state index contributed by atoms with van der Waals surface area (Å²) in [4.78, 5) is 12.3. The van der Waals surface area contributed by atoms with Gasteiger partial charge < -0.3 is 15.1 Å². The molecule has 2 aliphatic rings. The van der Waals surface area contributed by atoms with Crippen molar-refractivity contribution >= 4 is 16.9 Å². The number of hydrogen-bond donors (Lipinski definition) is 2. The molecule has 0 radical (unpaired) electrons. The highest BCUT2D eigenvalue weighted by molar-refractivity contribution is 5.98. The van der Waals surface area contributed by atoms with Crippen molar-refractivity contribution in [3.63, 3.8) is 0 Å². The molecular weight excluding hydrogens is 252 g/mol. The largest absolute Gasteiger partial charge is 0.464 e. The maximum Gasteiger partial charge on any atom is 0.251 e. The van der Waals surface area contributed by atoms with E-state index in [4.69, 9.17) is 4.42 Å². The van der Waals surface area contributed by atoms with Crippen LogP contribution >= 0.6 is 0 Å². The highest BCUT2D eigenvalue weighted by atomic mass is 16.3. The van der Waals surface area contributed by atoms with Crippen LogP contribution in [0.3, 0.4) is 0 Å². The van der Waals surface area contributed by atoms with Crippen LogP contribution in [0.5, 0.6) is 0 Å². The predicted molar refractivity (Wildman–Crippen MR) is 76.8 cm³/mol. The zero-order valence-electron chi connectivity index (χ0n) is 11.5. The van der Waals surface area contributed by atoms with Crippen LogP contribution in [0.4, 0.5) is 0 Å². The average Bonchev–Trinajstić information content (AvgIpc) is 3.14. The van der Waals surface area contributed by atoms with E-state index < -0.39 is 0 Å². The van der Waals surface area contributed by atoms with E-state index in [9.17, 15) is 4.79 Å². The molecule has 1 amide bonds. The van der Waals surface area contributed by atoms with Crippen molar-refractivity contribution in [3.8, 4) is 0 Å². The predicted octanol–water partition coefficient (Wildman–Crippen LogP) is 2.36. The number of carbonyl (C=O) groups excluding carboxylic acids is 1. The lowest BCUT2D eigenvalue weighted by molar-refractivity contribution is 0.0931. The van der Waals surface area contributed by atoms with Gasteiger partial charge >= 0.3 is 0 Å². The fourth-order valence-corrected chi connectivity index (χ4v) is 3.54. The fourth-order valence-electron chi connectivity index (χ4n) is 3.54. The van der Waals surface area contributed by atoms with Gasteiger partial charge in [0.2, 0.25) is 0 Å². The number of carbonyl (C=O) groups is 1. The molecular formula is C16H18N2O2. The number of fused-ring (bicyclic) bond motifs is 3. The van der Waals surface area contributed by atoms with Gasteiger partial charge in [-0.15, -0.1) is 0 Å². The zero-order valence-corrected chi connectivity index (χ0v) is 11.5. The van der Waals surface area contributed by atoms with Crippen LogP contribution in [0.15, 0.2) is 28.9 Å². The van der Waals surface area contributed by atoms with Crippen LogP contribution in [-0.2, 0) is 0 Å². The van der Waals surface area contributed by atoms with Gasteiger partial charge in [-0.2, -0.15) is 0 Å². The third kappa shape index (κ3) is 1.83. The van der Waals surface area contributed by atoms with Crippen molar-refractivity contribution in [2.75, 3.05) is 0 Å². The summed E-state index contributed by atoms with van der Waals surface area (Å²) in [6.07, 6.45) is 5.20. The van der Waals surface area contributed by atoms with E-state index in [0.717, 1.165) is 23.0 Å². The Balaban J connectivity index is 1.54. The number of nitrogens with one attached hydrogen (secondary N) is 2. The maximum absolute atomic E-state index is 12.3. The van der Waals surface area contributed by atoms with E-state index in [2.05, 4.69) is 10.6 Å². The quantitative estimate of drug-likeness (QED) is 0.881. The van der Waals surface area contributed by atoms with E-state index in [1.54, 1.807) is 6.26 Å². The van der Waals surface area contributed by atoms with Gasteiger partial charge in [0.15, 0.2) is 0 Å². The molecule has 4 heteroatoms. The molecule has 2 aliphatic heterocycles. The average molecular weight is 270 g/mol. The SMILES string of the molecule is Cc1coc2cc(C(=O)NC3CC4CCC3N4)ccc12. The van der Waals surface area contributed by atoms with Crippen LogP contribution in [0.1, 0.15) is 35.2 Å². The Morgan fingerprint density at radius 3 is 3.05 bits per heavy atom. The lowest BCUT2D eigenvalue weighted by atomic mass is 9.95. The smallest absolute Gasteiger partial charge is 0.251 e. The van der Waals surface area contributed by atoms with Crippen LogP contribution in [0.2, 0.25) is 0 Å². The first-order valence-electron chi connectivity index (χ1n) is 7.25. The van der Waals surface area contributed by atoms with Gasteiger partial charge in [-0.05, 0) is 43.9 Å². The topological polar surface area (TPSA) is 54.3 Å². The molecule has 2 bridgehead atoms. The molecule has 0 aliphatic carbocycles. The Hall–Kier alpha value is -1.81. The molecule has 0 saturated carbocycles. The Kier molecular flexibility index (Phi) is 2.60. The van der Waals surface area contributed by atoms with Crippen molar-refractivity contribution in [3.05, 3.63) is 35.6 Å². The second kappa shape index (κ2) is 4.35. The highest BCUT2D eigenvalue weighted by Crippen LogP contribution is 2.28. The molecule has 4 rings (SSSR count). The number of rotatable bonds is 2. The third-order valence-electron chi connectivity index (χ3n) is 4.65. The number of aryl methyl sites for hydroxylation is 1. The summed E-state index contributed by atoms with van der Waals surface area (Å²) >= 11 is 0. The summed E-state index contributed by atoms with van der Waals surface area (Å²) in [6.45, 7) is 2.01. The summed E-state index contributed by atoms with van der Waals surface area (Å²) in [7, 11) is 0. The fraction of sp³-hybridized carbons (Fsp3) is 0.438. The standard InChI is InChI=1S/C16H18N2O2/c1-9-8-20-15-6-10(2-4-12(9)15)16(19)18-14-7-11-3-5-13(14)17-11/h2,4,6,8,11,13-14,17H,3,5,7H2,1H3,(H,18,19). The summed E-state index contributed by atoms with van der Waals surface area (Å²) in [5.41, 5.74) is 2.56. The Morgan fingerprint density at radius 1 is 1.40 bits per heavy atom. The number of hydrogen-bond acceptors (Lipinski definition) is 3. The molecule has 1 aromatic heterocycles. The van der Waals surface area contributed by atoms with Gasteiger partial charge in [-0.3, -0.25) is 4.79 Å². The van der Waals surface area contributed by atoms with Gasteiger partial charge in [-0.25, -0.2) is 0 Å². The maximum atomic E-state index is 12.3. The van der Waals surface area contributed by atoms with Crippen LogP contribution in [0.25, 0.3) is 11.0 Å². The Morgan fingerprint density at radius 2 is 2.30 bits per heavy atom. The van der Waals surface area contributed by atoms with Crippen LogP contribution in [0, 0.1) is 6.92 Å². The van der Waals surface area contributed by atoms with Gasteiger partial charge in [0.25, 0.3) is 5.91 Å². The highest BCUT2D eigenvalue weighted by Gasteiger charge is 2.39. The molecule has 3 atom stereocenters. The van der Waals surface area contributed by atoms with Crippen molar-refractivity contribution in [1.82, 2.24) is 10.6 Å². The van der Waals surface area contributed by atoms with Crippen molar-refractivity contribution in [2.24, 2.45) is 0 Å². The van der Waals surface area contributed by atoms with Crippen LogP contribution < -0.4 is 10.6 Å². The lowest BCUT2D eigenvalue weighted by Crippen LogP contribution is -2.42. The normalized spacial score (nSPS) is 28.1. The molecule has 3 unspecified atom stereocenters. The molecule has 2 fully saturated rings. The zero-order chi connectivity index (χ0) is 13.7. The third-order valence-corrected chi connectivity index (χ3v) is 4.65. The number of furan rings is 1. The molecule has 3 heterocycles. The molecule has 2 saturated heterocycles.